The van der Waals surface area contributed by atoms with Crippen LogP contribution in [0, 0.1) is 0 Å². The van der Waals surface area contributed by atoms with Crippen LogP contribution in [0.3, 0.4) is 0 Å². The van der Waals surface area contributed by atoms with E-state index in [-0.39, 0.29) is 16.8 Å². The Bertz CT molecular complexity index is 1490. The largest absolute Gasteiger partial charge is 0.497 e. The number of carbonyl (C=O) groups is 2. The van der Waals surface area contributed by atoms with Crippen molar-refractivity contribution in [2.45, 2.75) is 6.04 Å². The van der Waals surface area contributed by atoms with E-state index in [9.17, 15) is 14.4 Å². The van der Waals surface area contributed by atoms with Gasteiger partial charge >= 0.3 is 5.97 Å². The van der Waals surface area contributed by atoms with E-state index in [4.69, 9.17) is 13.9 Å². The zero-order valence-electron chi connectivity index (χ0n) is 18.2. The van der Waals surface area contributed by atoms with Gasteiger partial charge in [0.25, 0.3) is 5.91 Å². The third-order valence-electron chi connectivity index (χ3n) is 5.83. The molecule has 1 atom stereocenters. The Morgan fingerprint density at radius 1 is 0.971 bits per heavy atom. The van der Waals surface area contributed by atoms with Crippen molar-refractivity contribution in [3.8, 4) is 5.75 Å². The first-order valence-electron chi connectivity index (χ1n) is 10.3. The summed E-state index contributed by atoms with van der Waals surface area (Å²) in [5.74, 6) is -0.268. The summed E-state index contributed by atoms with van der Waals surface area (Å²) in [4.78, 5) is 40.7. The number of carbonyl (C=O) groups excluding carboxylic acids is 2. The van der Waals surface area contributed by atoms with Gasteiger partial charge in [-0.25, -0.2) is 4.79 Å². The molecule has 0 N–H and O–H groups in total. The molecule has 1 amide bonds. The minimum atomic E-state index is -0.748. The number of hydrogen-bond donors (Lipinski definition) is 0. The van der Waals surface area contributed by atoms with E-state index < -0.39 is 17.9 Å². The van der Waals surface area contributed by atoms with Gasteiger partial charge < -0.3 is 13.9 Å². The maximum absolute atomic E-state index is 13.6. The summed E-state index contributed by atoms with van der Waals surface area (Å²) < 4.78 is 16.7. The molecule has 0 saturated carbocycles. The Morgan fingerprint density at radius 2 is 1.68 bits per heavy atom. The van der Waals surface area contributed by atoms with Gasteiger partial charge in [-0.3, -0.25) is 14.5 Å². The number of hydrogen-bond acceptors (Lipinski definition) is 6. The smallest absolute Gasteiger partial charge is 0.337 e. The topological polar surface area (TPSA) is 86.0 Å². The van der Waals surface area contributed by atoms with Gasteiger partial charge in [-0.1, -0.05) is 28.1 Å². The van der Waals surface area contributed by atoms with Crippen molar-refractivity contribution in [1.82, 2.24) is 0 Å². The van der Waals surface area contributed by atoms with Gasteiger partial charge in [-0.05, 0) is 60.2 Å². The molecule has 34 heavy (non-hydrogen) atoms. The fraction of sp³-hybridized carbons (Fsp3) is 0.115. The monoisotopic (exact) mass is 519 g/mol. The number of methoxy groups -OCH3 is 2. The lowest BCUT2D eigenvalue weighted by Crippen LogP contribution is -2.29. The fourth-order valence-electron chi connectivity index (χ4n) is 4.19. The quantitative estimate of drug-likeness (QED) is 0.348. The highest BCUT2D eigenvalue weighted by Gasteiger charge is 2.43. The van der Waals surface area contributed by atoms with Crippen molar-refractivity contribution < 1.29 is 23.5 Å². The summed E-state index contributed by atoms with van der Waals surface area (Å²) in [7, 11) is 2.87. The first kappa shape index (κ1) is 21.9. The van der Waals surface area contributed by atoms with Crippen LogP contribution in [0.25, 0.3) is 11.0 Å². The average Bonchev–Trinajstić information content (AvgIpc) is 3.16. The van der Waals surface area contributed by atoms with Crippen LogP contribution in [0.15, 0.2) is 80.4 Å². The molecular formula is C26H18BrNO6. The standard InChI is InChI=1S/C26H18BrNO6/c1-32-18-10-8-17(9-11-18)28-22(14-3-5-15(6-4-14)26(31)33-2)21-23(29)19-13-16(27)7-12-20(19)34-24(21)25(28)30/h3-13,22H,1-2H3. The molecule has 1 unspecified atom stereocenters. The summed E-state index contributed by atoms with van der Waals surface area (Å²) in [6.07, 6.45) is 0. The number of anilines is 1. The number of amides is 1. The molecule has 4 aromatic rings. The number of nitrogens with zero attached hydrogens (tertiary/aromatic N) is 1. The average molecular weight is 520 g/mol. The molecule has 1 aromatic heterocycles. The van der Waals surface area contributed by atoms with E-state index in [0.717, 1.165) is 4.47 Å². The van der Waals surface area contributed by atoms with Gasteiger partial charge in [-0.15, -0.1) is 0 Å². The molecule has 3 aromatic carbocycles. The summed E-state index contributed by atoms with van der Waals surface area (Å²) in [5.41, 5.74) is 1.88. The normalized spacial score (nSPS) is 14.9. The number of halogens is 1. The second kappa shape index (κ2) is 8.46. The fourth-order valence-corrected chi connectivity index (χ4v) is 4.55. The third-order valence-corrected chi connectivity index (χ3v) is 6.32. The van der Waals surface area contributed by atoms with Crippen LogP contribution in [-0.2, 0) is 4.74 Å². The number of ether oxygens (including phenoxy) is 2. The van der Waals surface area contributed by atoms with Crippen LogP contribution in [0.1, 0.15) is 38.1 Å². The molecule has 5 rings (SSSR count). The van der Waals surface area contributed by atoms with Gasteiger partial charge in [-0.2, -0.15) is 0 Å². The van der Waals surface area contributed by atoms with Crippen molar-refractivity contribution in [1.29, 1.82) is 0 Å². The number of benzene rings is 3. The maximum Gasteiger partial charge on any atom is 0.337 e. The van der Waals surface area contributed by atoms with Gasteiger partial charge in [0.2, 0.25) is 5.76 Å². The van der Waals surface area contributed by atoms with Crippen LogP contribution < -0.4 is 15.1 Å². The minimum absolute atomic E-state index is 0.00214. The summed E-state index contributed by atoms with van der Waals surface area (Å²) in [5, 5.41) is 0.369. The van der Waals surface area contributed by atoms with Gasteiger partial charge in [0.05, 0.1) is 36.8 Å². The molecule has 0 saturated heterocycles. The molecule has 170 valence electrons. The Balaban J connectivity index is 1.74. The third kappa shape index (κ3) is 3.47. The van der Waals surface area contributed by atoms with Crippen LogP contribution in [0.5, 0.6) is 5.75 Å². The number of rotatable bonds is 4. The zero-order chi connectivity index (χ0) is 24.0. The first-order chi connectivity index (χ1) is 16.4. The molecule has 0 bridgehead atoms. The van der Waals surface area contributed by atoms with Crippen molar-refractivity contribution in [3.05, 3.63) is 104 Å². The lowest BCUT2D eigenvalue weighted by Gasteiger charge is -2.25. The molecule has 2 heterocycles. The predicted molar refractivity (Wildman–Crippen MR) is 130 cm³/mol. The van der Waals surface area contributed by atoms with E-state index in [2.05, 4.69) is 15.9 Å². The second-order valence-electron chi connectivity index (χ2n) is 7.70. The zero-order valence-corrected chi connectivity index (χ0v) is 19.8. The molecule has 8 heteroatoms. The Kier molecular flexibility index (Phi) is 5.45. The van der Waals surface area contributed by atoms with Crippen molar-refractivity contribution in [2.24, 2.45) is 0 Å². The molecule has 0 aliphatic carbocycles. The van der Waals surface area contributed by atoms with Crippen molar-refractivity contribution in [2.75, 3.05) is 19.1 Å². The van der Waals surface area contributed by atoms with Crippen molar-refractivity contribution >= 4 is 44.5 Å². The maximum atomic E-state index is 13.6. The number of esters is 1. The van der Waals surface area contributed by atoms with Gasteiger partial charge in [0, 0.05) is 10.2 Å². The molecule has 1 aliphatic rings. The lowest BCUT2D eigenvalue weighted by atomic mass is 9.97. The minimum Gasteiger partial charge on any atom is -0.497 e. The molecule has 0 spiro atoms. The van der Waals surface area contributed by atoms with Crippen LogP contribution in [0.4, 0.5) is 5.69 Å². The summed E-state index contributed by atoms with van der Waals surface area (Å²) in [6, 6.07) is 18.0. The Morgan fingerprint density at radius 3 is 2.32 bits per heavy atom. The van der Waals surface area contributed by atoms with Crippen LogP contribution in [0.2, 0.25) is 0 Å². The lowest BCUT2D eigenvalue weighted by molar-refractivity contribution is 0.0600. The highest BCUT2D eigenvalue weighted by atomic mass is 79.9. The number of fused-ring (bicyclic) bond motifs is 2. The van der Waals surface area contributed by atoms with E-state index in [1.54, 1.807) is 73.8 Å². The molecule has 0 radical (unpaired) electrons. The SMILES string of the molecule is COC(=O)c1ccc(C2c3c(oc4ccc(Br)cc4c3=O)C(=O)N2c2ccc(OC)cc2)cc1. The van der Waals surface area contributed by atoms with E-state index in [1.165, 1.54) is 12.0 Å². The van der Waals surface area contributed by atoms with Gasteiger partial charge in [0.1, 0.15) is 11.3 Å². The summed E-state index contributed by atoms with van der Waals surface area (Å²) >= 11 is 3.40. The van der Waals surface area contributed by atoms with E-state index in [1.807, 2.05) is 0 Å². The Labute approximate surface area is 202 Å². The molecule has 1 aliphatic heterocycles. The molecular weight excluding hydrogens is 502 g/mol. The van der Waals surface area contributed by atoms with E-state index >= 15 is 0 Å². The van der Waals surface area contributed by atoms with Crippen LogP contribution >= 0.6 is 15.9 Å². The molecule has 0 fully saturated rings. The predicted octanol–water partition coefficient (Wildman–Crippen LogP) is 5.10. The van der Waals surface area contributed by atoms with Gasteiger partial charge in [0.15, 0.2) is 5.43 Å². The van der Waals surface area contributed by atoms with Crippen molar-refractivity contribution in [3.63, 3.8) is 0 Å². The second-order valence-corrected chi connectivity index (χ2v) is 8.62. The first-order valence-corrected chi connectivity index (χ1v) is 11.1. The van der Waals surface area contributed by atoms with E-state index in [0.29, 0.717) is 33.5 Å². The van der Waals surface area contributed by atoms with Crippen LogP contribution in [-0.4, -0.2) is 26.1 Å². The highest BCUT2D eigenvalue weighted by Crippen LogP contribution is 2.41. The highest BCUT2D eigenvalue weighted by molar-refractivity contribution is 9.10. The Hall–Kier alpha value is -3.91. The molecule has 7 nitrogen and oxygen atoms in total. The summed E-state index contributed by atoms with van der Waals surface area (Å²) in [6.45, 7) is 0.